The Morgan fingerprint density at radius 1 is 1.26 bits per heavy atom. The molecule has 0 amide bonds. The van der Waals surface area contributed by atoms with Gasteiger partial charge < -0.3 is 19.5 Å². The minimum atomic E-state index is -3.66. The number of thioether (sulfide) groups is 1. The lowest BCUT2D eigenvalue weighted by Gasteiger charge is -2.34. The number of hydrogen-bond acceptors (Lipinski definition) is 8. The van der Waals surface area contributed by atoms with Gasteiger partial charge in [-0.25, -0.2) is 13.2 Å². The molecule has 192 valence electrons. The van der Waals surface area contributed by atoms with Crippen LogP contribution in [0.1, 0.15) is 40.0 Å². The second kappa shape index (κ2) is 10.8. The second-order valence-corrected chi connectivity index (χ2v) is 12.4. The molecule has 2 aromatic carbocycles. The average molecular weight is 522 g/mol. The summed E-state index contributed by atoms with van der Waals surface area (Å²) in [4.78, 5) is 14.9. The first-order chi connectivity index (χ1) is 16.5. The molecule has 0 saturated carbocycles. The van der Waals surface area contributed by atoms with E-state index in [1.54, 1.807) is 0 Å². The topological polar surface area (TPSA) is 93.1 Å². The number of rotatable bonds is 9. The molecule has 1 unspecified atom stereocenters. The third-order valence-electron chi connectivity index (χ3n) is 6.29. The van der Waals surface area contributed by atoms with Crippen molar-refractivity contribution in [2.24, 2.45) is 5.41 Å². The third-order valence-corrected chi connectivity index (χ3v) is 9.12. The first kappa shape index (κ1) is 27.4. The molecule has 0 radical (unpaired) electrons. The molecule has 0 fully saturated rings. The van der Waals surface area contributed by atoms with E-state index in [1.165, 1.54) is 31.9 Å². The Hall–Kier alpha value is -2.23. The van der Waals surface area contributed by atoms with Crippen molar-refractivity contribution in [3.05, 3.63) is 42.5 Å². The molecule has 0 spiro atoms. The van der Waals surface area contributed by atoms with Crippen LogP contribution < -0.4 is 9.64 Å². The summed E-state index contributed by atoms with van der Waals surface area (Å²) in [7, 11) is -2.48. The SMILES string of the molecule is CCCC[C@@]1(C)CN(c2ccccc2)c2cc(SC)c(OCC(C)(O)C(=O)OC)cc2S(=O)(=O)C1. The molecule has 3 rings (SSSR count). The van der Waals surface area contributed by atoms with E-state index in [9.17, 15) is 18.3 Å². The van der Waals surface area contributed by atoms with Crippen LogP contribution in [0.4, 0.5) is 11.4 Å². The molecular formula is C26H35NO6S2. The molecule has 1 aliphatic heterocycles. The highest BCUT2D eigenvalue weighted by Gasteiger charge is 2.40. The molecule has 2 aromatic rings. The van der Waals surface area contributed by atoms with Gasteiger partial charge in [0, 0.05) is 18.3 Å². The number of benzene rings is 2. The van der Waals surface area contributed by atoms with Gasteiger partial charge in [0.25, 0.3) is 0 Å². The molecule has 9 heteroatoms. The summed E-state index contributed by atoms with van der Waals surface area (Å²) in [6, 6.07) is 13.2. The Kier molecular flexibility index (Phi) is 8.44. The quantitative estimate of drug-likeness (QED) is 0.370. The summed E-state index contributed by atoms with van der Waals surface area (Å²) < 4.78 is 37.9. The van der Waals surface area contributed by atoms with Gasteiger partial charge in [-0.05, 0) is 43.2 Å². The number of hydrogen-bond donors (Lipinski definition) is 1. The maximum absolute atomic E-state index is 13.7. The molecule has 0 saturated heterocycles. The predicted molar refractivity (Wildman–Crippen MR) is 139 cm³/mol. The summed E-state index contributed by atoms with van der Waals surface area (Å²) in [6.07, 6.45) is 4.60. The Morgan fingerprint density at radius 3 is 2.54 bits per heavy atom. The molecule has 0 aliphatic carbocycles. The second-order valence-electron chi connectivity index (χ2n) is 9.62. The number of ether oxygens (including phenoxy) is 2. The van der Waals surface area contributed by atoms with Gasteiger partial charge in [-0.3, -0.25) is 0 Å². The van der Waals surface area contributed by atoms with E-state index in [4.69, 9.17) is 4.74 Å². The van der Waals surface area contributed by atoms with Gasteiger partial charge in [0.1, 0.15) is 12.4 Å². The standard InChI is InChI=1S/C26H35NO6S2/c1-6-7-13-25(2)16-27(19-11-9-8-10-12-19)20-14-22(34-5)21(15-23(20)35(30,31)18-25)33-17-26(3,29)24(28)32-4/h8-12,14-15,29H,6-7,13,16-18H2,1-5H3/t25-,26?/m0/s1. The molecule has 2 atom stereocenters. The fraction of sp³-hybridized carbons (Fsp3) is 0.500. The molecule has 0 aromatic heterocycles. The van der Waals surface area contributed by atoms with E-state index < -0.39 is 26.8 Å². The highest BCUT2D eigenvalue weighted by molar-refractivity contribution is 7.98. The number of unbranched alkanes of at least 4 members (excludes halogenated alkanes) is 1. The summed E-state index contributed by atoms with van der Waals surface area (Å²) >= 11 is 1.41. The normalized spacial score (nSPS) is 20.9. The number of carbonyl (C=O) groups is 1. The summed E-state index contributed by atoms with van der Waals surface area (Å²) in [6.45, 7) is 5.64. The molecule has 7 nitrogen and oxygen atoms in total. The maximum atomic E-state index is 13.7. The van der Waals surface area contributed by atoms with E-state index in [0.29, 0.717) is 22.9 Å². The van der Waals surface area contributed by atoms with Gasteiger partial charge in [-0.2, -0.15) is 0 Å². The Balaban J connectivity index is 2.14. The number of para-hydroxylation sites is 1. The van der Waals surface area contributed by atoms with Crippen LogP contribution in [0.15, 0.2) is 52.3 Å². The van der Waals surface area contributed by atoms with E-state index in [1.807, 2.05) is 49.6 Å². The van der Waals surface area contributed by atoms with Gasteiger partial charge in [0.2, 0.25) is 0 Å². The van der Waals surface area contributed by atoms with Crippen molar-refractivity contribution in [1.29, 1.82) is 0 Å². The molecular weight excluding hydrogens is 486 g/mol. The van der Waals surface area contributed by atoms with E-state index in [0.717, 1.165) is 24.9 Å². The highest BCUT2D eigenvalue weighted by atomic mass is 32.2. The smallest absolute Gasteiger partial charge is 0.341 e. The fourth-order valence-electron chi connectivity index (χ4n) is 4.40. The Labute approximate surface area is 212 Å². The minimum absolute atomic E-state index is 0.0221. The number of nitrogens with zero attached hydrogens (tertiary/aromatic N) is 1. The van der Waals surface area contributed by atoms with Crippen LogP contribution in [-0.4, -0.2) is 57.4 Å². The largest absolute Gasteiger partial charge is 0.489 e. The summed E-state index contributed by atoms with van der Waals surface area (Å²) in [5.41, 5.74) is -0.792. The van der Waals surface area contributed by atoms with Crippen LogP contribution in [0.2, 0.25) is 0 Å². The van der Waals surface area contributed by atoms with Crippen molar-refractivity contribution < 1.29 is 27.8 Å². The van der Waals surface area contributed by atoms with Crippen molar-refractivity contribution in [2.45, 2.75) is 55.4 Å². The lowest BCUT2D eigenvalue weighted by molar-refractivity contribution is -0.163. The van der Waals surface area contributed by atoms with Gasteiger partial charge in [0.05, 0.1) is 28.3 Å². The van der Waals surface area contributed by atoms with E-state index >= 15 is 0 Å². The van der Waals surface area contributed by atoms with Gasteiger partial charge >= 0.3 is 5.97 Å². The molecule has 1 heterocycles. The van der Waals surface area contributed by atoms with E-state index in [2.05, 4.69) is 16.6 Å². The zero-order valence-corrected chi connectivity index (χ0v) is 22.7. The van der Waals surface area contributed by atoms with Crippen molar-refractivity contribution in [3.8, 4) is 5.75 Å². The van der Waals surface area contributed by atoms with Crippen molar-refractivity contribution in [3.63, 3.8) is 0 Å². The molecule has 1 aliphatic rings. The van der Waals surface area contributed by atoms with Crippen LogP contribution in [0, 0.1) is 5.41 Å². The van der Waals surface area contributed by atoms with Gasteiger partial charge in [-0.1, -0.05) is 44.9 Å². The van der Waals surface area contributed by atoms with Gasteiger partial charge in [0.15, 0.2) is 15.4 Å². The first-order valence-electron chi connectivity index (χ1n) is 11.7. The number of methoxy groups -OCH3 is 1. The number of carbonyl (C=O) groups excluding carboxylic acids is 1. The highest BCUT2D eigenvalue weighted by Crippen LogP contribution is 2.46. The monoisotopic (exact) mass is 521 g/mol. The molecule has 35 heavy (non-hydrogen) atoms. The van der Waals surface area contributed by atoms with Crippen LogP contribution in [-0.2, 0) is 19.4 Å². The zero-order valence-electron chi connectivity index (χ0n) is 21.0. The predicted octanol–water partition coefficient (Wildman–Crippen LogP) is 4.83. The number of aliphatic hydroxyl groups is 1. The zero-order chi connectivity index (χ0) is 25.9. The summed E-state index contributed by atoms with van der Waals surface area (Å²) in [5.74, 6) is -0.504. The number of anilines is 2. The summed E-state index contributed by atoms with van der Waals surface area (Å²) in [5, 5.41) is 10.4. The van der Waals surface area contributed by atoms with Crippen LogP contribution >= 0.6 is 11.8 Å². The van der Waals surface area contributed by atoms with Crippen LogP contribution in [0.25, 0.3) is 0 Å². The fourth-order valence-corrected chi connectivity index (χ4v) is 7.03. The third kappa shape index (κ3) is 6.13. The van der Waals surface area contributed by atoms with Crippen molar-refractivity contribution in [2.75, 3.05) is 37.2 Å². The van der Waals surface area contributed by atoms with E-state index in [-0.39, 0.29) is 17.3 Å². The lowest BCUT2D eigenvalue weighted by atomic mass is 9.86. The Bertz CT molecular complexity index is 1150. The lowest BCUT2D eigenvalue weighted by Crippen LogP contribution is -2.42. The average Bonchev–Trinajstić information content (AvgIpc) is 2.92. The number of fused-ring (bicyclic) bond motifs is 1. The maximum Gasteiger partial charge on any atom is 0.341 e. The van der Waals surface area contributed by atoms with Crippen molar-refractivity contribution >= 4 is 38.9 Å². The van der Waals surface area contributed by atoms with Crippen molar-refractivity contribution in [1.82, 2.24) is 0 Å². The molecule has 0 bridgehead atoms. The van der Waals surface area contributed by atoms with Crippen LogP contribution in [0.5, 0.6) is 5.75 Å². The van der Waals surface area contributed by atoms with Gasteiger partial charge in [-0.15, -0.1) is 11.8 Å². The number of sulfone groups is 1. The Morgan fingerprint density at radius 2 is 1.94 bits per heavy atom. The number of esters is 1. The minimum Gasteiger partial charge on any atom is -0.489 e. The van der Waals surface area contributed by atoms with Crippen LogP contribution in [0.3, 0.4) is 0 Å². The first-order valence-corrected chi connectivity index (χ1v) is 14.5. The molecule has 1 N–H and O–H groups in total.